The fourth-order valence-electron chi connectivity index (χ4n) is 2.27. The van der Waals surface area contributed by atoms with Gasteiger partial charge in [-0.25, -0.2) is 0 Å². The minimum atomic E-state index is 0.0267. The van der Waals surface area contributed by atoms with E-state index in [1.807, 2.05) is 6.92 Å². The number of anilines is 1. The molecule has 0 aromatic heterocycles. The van der Waals surface area contributed by atoms with Gasteiger partial charge in [0, 0.05) is 36.3 Å². The number of piperazine rings is 1. The summed E-state index contributed by atoms with van der Waals surface area (Å²) in [5, 5.41) is 8.93. The van der Waals surface area contributed by atoms with Crippen LogP contribution in [0.2, 0.25) is 0 Å². The second-order valence-electron chi connectivity index (χ2n) is 4.76. The minimum Gasteiger partial charge on any atom is -0.369 e. The molecule has 18 heavy (non-hydrogen) atoms. The van der Waals surface area contributed by atoms with Gasteiger partial charge in [0.2, 0.25) is 0 Å². The highest BCUT2D eigenvalue weighted by atomic mass is 79.9. The molecular formula is C14H18BrN3. The standard InChI is InChI=1S/C14H18BrN3/c1-11-9-13(3-4-14(11)15)18-7-5-17(6-8-18)12(2)10-16/h3-4,9,12H,5-8H2,1-2H3. The van der Waals surface area contributed by atoms with Gasteiger partial charge in [-0.15, -0.1) is 0 Å². The van der Waals surface area contributed by atoms with Gasteiger partial charge in [0.15, 0.2) is 0 Å². The summed E-state index contributed by atoms with van der Waals surface area (Å²) in [5.74, 6) is 0. The Kier molecular flexibility index (Phi) is 4.26. The first-order valence-corrected chi connectivity index (χ1v) is 7.06. The molecule has 3 nitrogen and oxygen atoms in total. The van der Waals surface area contributed by atoms with Crippen LogP contribution in [-0.2, 0) is 0 Å². The highest BCUT2D eigenvalue weighted by Gasteiger charge is 2.20. The average molecular weight is 308 g/mol. The van der Waals surface area contributed by atoms with E-state index in [-0.39, 0.29) is 6.04 Å². The van der Waals surface area contributed by atoms with Crippen molar-refractivity contribution in [1.29, 1.82) is 5.26 Å². The van der Waals surface area contributed by atoms with Crippen LogP contribution in [0.15, 0.2) is 22.7 Å². The van der Waals surface area contributed by atoms with Gasteiger partial charge in [-0.2, -0.15) is 5.26 Å². The van der Waals surface area contributed by atoms with Crippen LogP contribution in [0.1, 0.15) is 12.5 Å². The molecule has 0 spiro atoms. The molecule has 1 aromatic carbocycles. The third kappa shape index (κ3) is 2.85. The Hall–Kier alpha value is -1.05. The van der Waals surface area contributed by atoms with Crippen LogP contribution in [0.25, 0.3) is 0 Å². The first-order valence-electron chi connectivity index (χ1n) is 6.26. The van der Waals surface area contributed by atoms with Gasteiger partial charge < -0.3 is 4.90 Å². The second-order valence-corrected chi connectivity index (χ2v) is 5.62. The van der Waals surface area contributed by atoms with Crippen molar-refractivity contribution in [1.82, 2.24) is 4.90 Å². The number of nitriles is 1. The van der Waals surface area contributed by atoms with Crippen molar-refractivity contribution in [2.24, 2.45) is 0 Å². The number of hydrogen-bond acceptors (Lipinski definition) is 3. The summed E-state index contributed by atoms with van der Waals surface area (Å²) in [6.07, 6.45) is 0. The minimum absolute atomic E-state index is 0.0267. The van der Waals surface area contributed by atoms with Crippen LogP contribution >= 0.6 is 15.9 Å². The van der Waals surface area contributed by atoms with E-state index in [0.29, 0.717) is 0 Å². The lowest BCUT2D eigenvalue weighted by Gasteiger charge is -2.37. The first kappa shape index (κ1) is 13.4. The van der Waals surface area contributed by atoms with Crippen molar-refractivity contribution >= 4 is 21.6 Å². The summed E-state index contributed by atoms with van der Waals surface area (Å²) in [4.78, 5) is 4.63. The number of nitrogens with zero attached hydrogens (tertiary/aromatic N) is 3. The molecule has 1 aliphatic rings. The fraction of sp³-hybridized carbons (Fsp3) is 0.500. The van der Waals surface area contributed by atoms with E-state index in [0.717, 1.165) is 30.7 Å². The van der Waals surface area contributed by atoms with Crippen LogP contribution in [0, 0.1) is 18.3 Å². The van der Waals surface area contributed by atoms with E-state index in [4.69, 9.17) is 5.26 Å². The molecule has 0 radical (unpaired) electrons. The average Bonchev–Trinajstić information content (AvgIpc) is 2.41. The van der Waals surface area contributed by atoms with E-state index in [2.05, 4.69) is 56.9 Å². The maximum Gasteiger partial charge on any atom is 0.0950 e. The zero-order valence-electron chi connectivity index (χ0n) is 10.9. The van der Waals surface area contributed by atoms with E-state index in [1.54, 1.807) is 0 Å². The van der Waals surface area contributed by atoms with Gasteiger partial charge in [0.1, 0.15) is 0 Å². The molecule has 0 bridgehead atoms. The Morgan fingerprint density at radius 1 is 1.28 bits per heavy atom. The Morgan fingerprint density at radius 2 is 1.94 bits per heavy atom. The molecule has 96 valence electrons. The molecule has 0 saturated carbocycles. The summed E-state index contributed by atoms with van der Waals surface area (Å²) in [5.41, 5.74) is 2.54. The molecule has 2 rings (SSSR count). The largest absolute Gasteiger partial charge is 0.369 e. The van der Waals surface area contributed by atoms with E-state index < -0.39 is 0 Å². The number of benzene rings is 1. The molecule has 0 N–H and O–H groups in total. The van der Waals surface area contributed by atoms with Crippen LogP contribution in [0.5, 0.6) is 0 Å². The molecular weight excluding hydrogens is 290 g/mol. The van der Waals surface area contributed by atoms with Gasteiger partial charge in [0.25, 0.3) is 0 Å². The maximum absolute atomic E-state index is 8.93. The summed E-state index contributed by atoms with van der Waals surface area (Å²) >= 11 is 3.53. The molecule has 1 aromatic rings. The van der Waals surface area contributed by atoms with Crippen LogP contribution in [0.3, 0.4) is 0 Å². The molecule has 1 atom stereocenters. The van der Waals surface area contributed by atoms with E-state index in [1.165, 1.54) is 11.3 Å². The molecule has 1 fully saturated rings. The normalized spacial score (nSPS) is 18.4. The molecule has 1 unspecified atom stereocenters. The number of rotatable bonds is 2. The molecule has 1 saturated heterocycles. The quantitative estimate of drug-likeness (QED) is 0.841. The Balaban J connectivity index is 2.01. The SMILES string of the molecule is Cc1cc(N2CCN(C(C)C#N)CC2)ccc1Br. The maximum atomic E-state index is 8.93. The summed E-state index contributed by atoms with van der Waals surface area (Å²) in [7, 11) is 0. The number of aryl methyl sites for hydroxylation is 1. The van der Waals surface area contributed by atoms with Crippen LogP contribution < -0.4 is 4.90 Å². The third-order valence-corrected chi connectivity index (χ3v) is 4.45. The highest BCUT2D eigenvalue weighted by Crippen LogP contribution is 2.24. The van der Waals surface area contributed by atoms with Gasteiger partial charge >= 0.3 is 0 Å². The van der Waals surface area contributed by atoms with Gasteiger partial charge in [-0.05, 0) is 37.6 Å². The molecule has 0 amide bonds. The predicted molar refractivity (Wildman–Crippen MR) is 77.7 cm³/mol. The van der Waals surface area contributed by atoms with E-state index >= 15 is 0 Å². The van der Waals surface area contributed by atoms with Crippen molar-refractivity contribution < 1.29 is 0 Å². The predicted octanol–water partition coefficient (Wildman–Crippen LogP) is 2.79. The Labute approximate surface area is 117 Å². The Morgan fingerprint density at radius 3 is 2.50 bits per heavy atom. The summed E-state index contributed by atoms with van der Waals surface area (Å²) in [6.45, 7) is 7.99. The number of hydrogen-bond donors (Lipinski definition) is 0. The smallest absolute Gasteiger partial charge is 0.0950 e. The zero-order chi connectivity index (χ0) is 13.1. The summed E-state index contributed by atoms with van der Waals surface area (Å²) in [6, 6.07) is 8.81. The third-order valence-electron chi connectivity index (χ3n) is 3.56. The molecule has 1 heterocycles. The second kappa shape index (κ2) is 5.73. The lowest BCUT2D eigenvalue weighted by atomic mass is 10.2. The monoisotopic (exact) mass is 307 g/mol. The zero-order valence-corrected chi connectivity index (χ0v) is 12.4. The van der Waals surface area contributed by atoms with Crippen molar-refractivity contribution in [3.05, 3.63) is 28.2 Å². The van der Waals surface area contributed by atoms with E-state index in [9.17, 15) is 0 Å². The number of halogens is 1. The lowest BCUT2D eigenvalue weighted by molar-refractivity contribution is 0.231. The lowest BCUT2D eigenvalue weighted by Crippen LogP contribution is -2.49. The van der Waals surface area contributed by atoms with Gasteiger partial charge in [-0.3, -0.25) is 4.90 Å². The highest BCUT2D eigenvalue weighted by molar-refractivity contribution is 9.10. The Bertz CT molecular complexity index is 459. The fourth-order valence-corrected chi connectivity index (χ4v) is 2.52. The topological polar surface area (TPSA) is 30.3 Å². The first-order chi connectivity index (χ1) is 8.61. The van der Waals surface area contributed by atoms with Crippen molar-refractivity contribution in [3.63, 3.8) is 0 Å². The van der Waals surface area contributed by atoms with Gasteiger partial charge in [0.05, 0.1) is 12.1 Å². The van der Waals surface area contributed by atoms with Gasteiger partial charge in [-0.1, -0.05) is 15.9 Å². The van der Waals surface area contributed by atoms with Crippen molar-refractivity contribution in [3.8, 4) is 6.07 Å². The van der Waals surface area contributed by atoms with Crippen LogP contribution in [-0.4, -0.2) is 37.1 Å². The van der Waals surface area contributed by atoms with Crippen LogP contribution in [0.4, 0.5) is 5.69 Å². The summed E-state index contributed by atoms with van der Waals surface area (Å²) < 4.78 is 1.16. The van der Waals surface area contributed by atoms with Crippen molar-refractivity contribution in [2.45, 2.75) is 19.9 Å². The van der Waals surface area contributed by atoms with Crippen molar-refractivity contribution in [2.75, 3.05) is 31.1 Å². The molecule has 4 heteroatoms. The molecule has 1 aliphatic heterocycles. The molecule has 0 aliphatic carbocycles.